The second-order valence-electron chi connectivity index (χ2n) is 7.70. The van der Waals surface area contributed by atoms with Crippen LogP contribution in [0.2, 0.25) is 0 Å². The van der Waals surface area contributed by atoms with Crippen molar-refractivity contribution in [3.8, 4) is 10.6 Å². The van der Waals surface area contributed by atoms with E-state index in [1.54, 1.807) is 11.3 Å². The Labute approximate surface area is 164 Å². The van der Waals surface area contributed by atoms with Gasteiger partial charge >= 0.3 is 0 Å². The van der Waals surface area contributed by atoms with Gasteiger partial charge in [0.05, 0.1) is 16.1 Å². The molecule has 3 heterocycles. The molecule has 1 aromatic carbocycles. The highest BCUT2D eigenvalue weighted by molar-refractivity contribution is 7.13. The number of benzene rings is 1. The van der Waals surface area contributed by atoms with Gasteiger partial charge in [0, 0.05) is 38.2 Å². The van der Waals surface area contributed by atoms with Crippen LogP contribution in [0.4, 0.5) is 0 Å². The van der Waals surface area contributed by atoms with Crippen molar-refractivity contribution in [3.05, 3.63) is 52.9 Å². The van der Waals surface area contributed by atoms with Crippen LogP contribution in [0.25, 0.3) is 21.5 Å². The lowest BCUT2D eigenvalue weighted by Gasteiger charge is -2.36. The number of aromatic nitrogens is 1. The van der Waals surface area contributed by atoms with Crippen molar-refractivity contribution >= 4 is 22.2 Å². The van der Waals surface area contributed by atoms with Gasteiger partial charge in [-0.1, -0.05) is 18.2 Å². The number of thiophene rings is 1. The van der Waals surface area contributed by atoms with Crippen LogP contribution in [0.5, 0.6) is 0 Å². The number of rotatable bonds is 5. The van der Waals surface area contributed by atoms with Crippen molar-refractivity contribution < 1.29 is 10.2 Å². The number of aliphatic hydroxyl groups is 2. The summed E-state index contributed by atoms with van der Waals surface area (Å²) in [6.45, 7) is 4.97. The minimum atomic E-state index is 0.181. The van der Waals surface area contributed by atoms with Crippen molar-refractivity contribution in [3.63, 3.8) is 0 Å². The zero-order valence-corrected chi connectivity index (χ0v) is 16.5. The molecular formula is C22H26N2O2S. The van der Waals surface area contributed by atoms with Crippen molar-refractivity contribution in [1.29, 1.82) is 0 Å². The predicted octanol–water partition coefficient (Wildman–Crippen LogP) is 3.69. The van der Waals surface area contributed by atoms with Crippen molar-refractivity contribution in [2.45, 2.75) is 19.9 Å². The Bertz CT molecular complexity index is 898. The van der Waals surface area contributed by atoms with Gasteiger partial charge in [-0.25, -0.2) is 4.98 Å². The molecule has 27 heavy (non-hydrogen) atoms. The number of piperidine rings is 1. The Balaban J connectivity index is 1.71. The molecule has 1 aliphatic rings. The molecule has 2 N–H and O–H groups in total. The van der Waals surface area contributed by atoms with Crippen LogP contribution in [-0.2, 0) is 6.54 Å². The highest BCUT2D eigenvalue weighted by Crippen LogP contribution is 2.32. The number of hydrogen-bond donors (Lipinski definition) is 2. The van der Waals surface area contributed by atoms with Crippen LogP contribution in [0.3, 0.4) is 0 Å². The third kappa shape index (κ3) is 4.06. The lowest BCUT2D eigenvalue weighted by Crippen LogP contribution is -2.42. The number of fused-ring (bicyclic) bond motifs is 1. The Morgan fingerprint density at radius 2 is 1.89 bits per heavy atom. The molecule has 0 radical (unpaired) electrons. The average Bonchev–Trinajstić information content (AvgIpc) is 3.22. The first-order chi connectivity index (χ1) is 13.2. The molecule has 4 nitrogen and oxygen atoms in total. The van der Waals surface area contributed by atoms with Crippen molar-refractivity contribution in [2.75, 3.05) is 26.3 Å². The van der Waals surface area contributed by atoms with E-state index in [4.69, 9.17) is 4.98 Å². The lowest BCUT2D eigenvalue weighted by molar-refractivity contribution is 0.0540. The first-order valence-corrected chi connectivity index (χ1v) is 10.4. The normalized spacial score (nSPS) is 21.0. The van der Waals surface area contributed by atoms with E-state index in [1.807, 2.05) is 0 Å². The highest BCUT2D eigenvalue weighted by Gasteiger charge is 2.27. The van der Waals surface area contributed by atoms with Crippen LogP contribution < -0.4 is 0 Å². The third-order valence-corrected chi connectivity index (χ3v) is 6.29. The smallest absolute Gasteiger partial charge is 0.0854 e. The van der Waals surface area contributed by atoms with E-state index in [9.17, 15) is 10.2 Å². The lowest BCUT2D eigenvalue weighted by atomic mass is 9.90. The monoisotopic (exact) mass is 382 g/mol. The van der Waals surface area contributed by atoms with Gasteiger partial charge in [-0.05, 0) is 59.9 Å². The zero-order chi connectivity index (χ0) is 18.8. The summed E-state index contributed by atoms with van der Waals surface area (Å²) in [5, 5.41) is 22.5. The fraction of sp³-hybridized carbons (Fsp3) is 0.409. The van der Waals surface area contributed by atoms with Crippen LogP contribution >= 0.6 is 11.3 Å². The van der Waals surface area contributed by atoms with E-state index >= 15 is 0 Å². The van der Waals surface area contributed by atoms with Gasteiger partial charge in [0.15, 0.2) is 0 Å². The molecule has 0 unspecified atom stereocenters. The van der Waals surface area contributed by atoms with Crippen LogP contribution in [0.15, 0.2) is 41.8 Å². The van der Waals surface area contributed by atoms with Crippen molar-refractivity contribution in [2.24, 2.45) is 11.8 Å². The summed E-state index contributed by atoms with van der Waals surface area (Å²) in [7, 11) is 0. The minimum Gasteiger partial charge on any atom is -0.396 e. The molecule has 0 aliphatic carbocycles. The van der Waals surface area contributed by atoms with E-state index in [1.165, 1.54) is 16.0 Å². The molecule has 1 fully saturated rings. The Morgan fingerprint density at radius 1 is 1.11 bits per heavy atom. The maximum Gasteiger partial charge on any atom is 0.0854 e. The Hall–Kier alpha value is -1.79. The van der Waals surface area contributed by atoms with Gasteiger partial charge in [-0.2, -0.15) is 0 Å². The van der Waals surface area contributed by atoms with Gasteiger partial charge in [-0.3, -0.25) is 4.90 Å². The van der Waals surface area contributed by atoms with E-state index in [0.717, 1.165) is 42.7 Å². The molecule has 0 amide bonds. The second kappa shape index (κ2) is 8.07. The number of nitrogens with zero attached hydrogens (tertiary/aromatic N) is 2. The van der Waals surface area contributed by atoms with E-state index in [2.05, 4.69) is 53.6 Å². The first-order valence-electron chi connectivity index (χ1n) is 9.54. The summed E-state index contributed by atoms with van der Waals surface area (Å²) >= 11 is 1.71. The van der Waals surface area contributed by atoms with E-state index < -0.39 is 0 Å². The molecule has 2 atom stereocenters. The molecule has 0 saturated carbocycles. The summed E-state index contributed by atoms with van der Waals surface area (Å²) < 4.78 is 0. The van der Waals surface area contributed by atoms with E-state index in [-0.39, 0.29) is 25.0 Å². The highest BCUT2D eigenvalue weighted by atomic mass is 32.1. The van der Waals surface area contributed by atoms with Crippen molar-refractivity contribution in [1.82, 2.24) is 9.88 Å². The molecule has 5 heteroatoms. The predicted molar refractivity (Wildman–Crippen MR) is 111 cm³/mol. The number of aliphatic hydroxyl groups excluding tert-OH is 2. The average molecular weight is 383 g/mol. The van der Waals surface area contributed by atoms with Gasteiger partial charge < -0.3 is 10.2 Å². The first kappa shape index (κ1) is 18.6. The number of pyridine rings is 1. The van der Waals surface area contributed by atoms with E-state index in [0.29, 0.717) is 0 Å². The van der Waals surface area contributed by atoms with Crippen LogP contribution in [0.1, 0.15) is 17.5 Å². The summed E-state index contributed by atoms with van der Waals surface area (Å²) in [4.78, 5) is 8.55. The molecule has 0 bridgehead atoms. The molecule has 142 valence electrons. The largest absolute Gasteiger partial charge is 0.396 e. The third-order valence-electron chi connectivity index (χ3n) is 5.42. The molecule has 3 aromatic rings. The van der Waals surface area contributed by atoms with Crippen LogP contribution in [-0.4, -0.2) is 46.4 Å². The Kier molecular flexibility index (Phi) is 5.55. The van der Waals surface area contributed by atoms with Gasteiger partial charge in [0.25, 0.3) is 0 Å². The standard InChI is InChI=1S/C22H26N2O2S/c1-15-4-5-18-9-19(12-24-10-16(13-25)8-17(11-24)14-26)22(23-20(18)7-15)21-3-2-6-27-21/h2-7,9,16-17,25-26H,8,10-14H2,1H3/t16-,17+. The molecule has 1 aliphatic heterocycles. The number of hydrogen-bond acceptors (Lipinski definition) is 5. The molecule has 1 saturated heterocycles. The molecular weight excluding hydrogens is 356 g/mol. The maximum absolute atomic E-state index is 9.64. The molecule has 4 rings (SSSR count). The Morgan fingerprint density at radius 3 is 2.56 bits per heavy atom. The summed E-state index contributed by atoms with van der Waals surface area (Å²) in [5.41, 5.74) is 4.51. The fourth-order valence-corrected chi connectivity index (χ4v) is 4.88. The van der Waals surface area contributed by atoms with Gasteiger partial charge in [0.1, 0.15) is 0 Å². The topological polar surface area (TPSA) is 56.6 Å². The van der Waals surface area contributed by atoms with Gasteiger partial charge in [-0.15, -0.1) is 11.3 Å². The molecule has 0 spiro atoms. The van der Waals surface area contributed by atoms with Gasteiger partial charge in [0.2, 0.25) is 0 Å². The quantitative estimate of drug-likeness (QED) is 0.707. The fourth-order valence-electron chi connectivity index (χ4n) is 4.13. The number of aryl methyl sites for hydroxylation is 1. The minimum absolute atomic E-state index is 0.181. The SMILES string of the molecule is Cc1ccc2cc(CN3C[C@H](CO)C[C@H](CO)C3)c(-c3cccs3)nc2c1. The second-order valence-corrected chi connectivity index (χ2v) is 8.64. The summed E-state index contributed by atoms with van der Waals surface area (Å²) in [5.74, 6) is 0.467. The van der Waals surface area contributed by atoms with Crippen LogP contribution in [0, 0.1) is 18.8 Å². The molecule has 2 aromatic heterocycles. The maximum atomic E-state index is 9.64. The summed E-state index contributed by atoms with van der Waals surface area (Å²) in [6, 6.07) is 12.9. The summed E-state index contributed by atoms with van der Waals surface area (Å²) in [6.07, 6.45) is 0.899. The zero-order valence-electron chi connectivity index (χ0n) is 15.6. The number of likely N-dealkylation sites (tertiary alicyclic amines) is 1.